The number of halogens is 3. The highest BCUT2D eigenvalue weighted by atomic mass is 32.1. The summed E-state index contributed by atoms with van der Waals surface area (Å²) in [6, 6.07) is 13.5. The normalized spacial score (nSPS) is 10.9. The minimum Gasteiger partial charge on any atom is -0.475 e. The second-order valence-electron chi connectivity index (χ2n) is 5.98. The molecule has 3 N–H and O–H groups in total. The van der Waals surface area contributed by atoms with Crippen molar-refractivity contribution < 1.29 is 27.9 Å². The number of nitrogens with one attached hydrogen (secondary N) is 2. The fraction of sp³-hybridized carbons (Fsp3) is 0.105. The van der Waals surface area contributed by atoms with Gasteiger partial charge < -0.3 is 10.4 Å². The highest BCUT2D eigenvalue weighted by molar-refractivity contribution is 7.20. The number of amides is 1. The molecule has 0 aliphatic heterocycles. The molecule has 8 nitrogen and oxygen atoms in total. The number of pyridine rings is 1. The molecular formula is C19H14F3N5O3S. The van der Waals surface area contributed by atoms with Crippen molar-refractivity contribution in [1.29, 1.82) is 0 Å². The van der Waals surface area contributed by atoms with Crippen molar-refractivity contribution >= 4 is 33.3 Å². The van der Waals surface area contributed by atoms with Crippen LogP contribution >= 0.6 is 11.3 Å². The number of rotatable bonds is 4. The first kappa shape index (κ1) is 21.9. The molecule has 0 spiro atoms. The highest BCUT2D eigenvalue weighted by Gasteiger charge is 2.38. The van der Waals surface area contributed by atoms with Gasteiger partial charge in [-0.15, -0.1) is 11.3 Å². The van der Waals surface area contributed by atoms with Gasteiger partial charge in [0, 0.05) is 22.7 Å². The van der Waals surface area contributed by atoms with Gasteiger partial charge >= 0.3 is 12.1 Å². The molecule has 0 bridgehead atoms. The highest BCUT2D eigenvalue weighted by Crippen LogP contribution is 2.25. The number of nitrogens with zero attached hydrogens (tertiary/aromatic N) is 3. The van der Waals surface area contributed by atoms with E-state index in [2.05, 4.69) is 25.5 Å². The monoisotopic (exact) mass is 449 g/mol. The zero-order chi connectivity index (χ0) is 22.4. The predicted molar refractivity (Wildman–Crippen MR) is 106 cm³/mol. The van der Waals surface area contributed by atoms with Gasteiger partial charge in [-0.1, -0.05) is 18.2 Å². The summed E-state index contributed by atoms with van der Waals surface area (Å²) in [7, 11) is 0. The molecule has 0 unspecified atom stereocenters. The Morgan fingerprint density at radius 2 is 1.81 bits per heavy atom. The third kappa shape index (κ3) is 5.85. The van der Waals surface area contributed by atoms with Crippen LogP contribution in [0.25, 0.3) is 21.5 Å². The summed E-state index contributed by atoms with van der Waals surface area (Å²) in [5, 5.41) is 18.1. The number of carboxylic acids is 1. The van der Waals surface area contributed by atoms with Crippen molar-refractivity contribution in [2.45, 2.75) is 12.7 Å². The molecule has 0 saturated carbocycles. The van der Waals surface area contributed by atoms with E-state index in [1.165, 1.54) is 11.3 Å². The number of carbonyl (C=O) groups is 2. The van der Waals surface area contributed by atoms with Crippen LogP contribution in [0.5, 0.6) is 0 Å². The summed E-state index contributed by atoms with van der Waals surface area (Å²) in [6.45, 7) is 0.297. The average molecular weight is 449 g/mol. The number of hydrogen-bond acceptors (Lipinski definition) is 6. The number of carboxylic acid groups (broad SMARTS) is 1. The molecule has 0 radical (unpaired) electrons. The van der Waals surface area contributed by atoms with Gasteiger partial charge in [0.05, 0.1) is 11.4 Å². The fourth-order valence-corrected chi connectivity index (χ4v) is 3.33. The molecule has 0 aliphatic rings. The largest absolute Gasteiger partial charge is 0.490 e. The van der Waals surface area contributed by atoms with E-state index in [0.717, 1.165) is 15.6 Å². The average Bonchev–Trinajstić information content (AvgIpc) is 3.39. The van der Waals surface area contributed by atoms with Crippen LogP contribution in [0.1, 0.15) is 15.5 Å². The smallest absolute Gasteiger partial charge is 0.475 e. The number of fused-ring (bicyclic) bond motifs is 1. The van der Waals surface area contributed by atoms with Gasteiger partial charge in [-0.05, 0) is 29.7 Å². The second-order valence-corrected chi connectivity index (χ2v) is 7.06. The van der Waals surface area contributed by atoms with Crippen molar-refractivity contribution in [3.63, 3.8) is 0 Å². The van der Waals surface area contributed by atoms with Crippen molar-refractivity contribution in [3.05, 3.63) is 65.6 Å². The van der Waals surface area contributed by atoms with Crippen molar-refractivity contribution in [1.82, 2.24) is 25.5 Å². The van der Waals surface area contributed by atoms with Crippen LogP contribution in [0.15, 0.2) is 54.9 Å². The number of thiophene rings is 1. The summed E-state index contributed by atoms with van der Waals surface area (Å²) < 4.78 is 32.8. The summed E-state index contributed by atoms with van der Waals surface area (Å²) in [4.78, 5) is 30.2. The summed E-state index contributed by atoms with van der Waals surface area (Å²) in [5.41, 5.74) is 0.878. The molecule has 0 aliphatic carbocycles. The second kappa shape index (κ2) is 9.34. The maximum Gasteiger partial charge on any atom is 0.490 e. The number of aromatic nitrogens is 4. The Labute approximate surface area is 176 Å². The van der Waals surface area contributed by atoms with Crippen molar-refractivity contribution in [3.8, 4) is 11.4 Å². The Morgan fingerprint density at radius 3 is 2.45 bits per heavy atom. The molecule has 160 valence electrons. The molecular weight excluding hydrogens is 435 g/mol. The number of aromatic amines is 1. The van der Waals surface area contributed by atoms with E-state index in [-0.39, 0.29) is 5.91 Å². The third-order valence-electron chi connectivity index (χ3n) is 3.78. The summed E-state index contributed by atoms with van der Waals surface area (Å²) in [5.74, 6) is -1.68. The van der Waals surface area contributed by atoms with Crippen molar-refractivity contribution in [2.24, 2.45) is 0 Å². The number of alkyl halides is 3. The number of carbonyl (C=O) groups excluding carboxylic acids is 1. The van der Waals surface area contributed by atoms with E-state index in [1.54, 1.807) is 12.4 Å². The molecule has 1 aromatic carbocycles. The van der Waals surface area contributed by atoms with Crippen LogP contribution in [0, 0.1) is 0 Å². The maximum atomic E-state index is 12.3. The lowest BCUT2D eigenvalue weighted by Gasteiger charge is -1.99. The minimum absolute atomic E-state index is 0.113. The van der Waals surface area contributed by atoms with Crippen LogP contribution in [-0.2, 0) is 11.3 Å². The quantitative estimate of drug-likeness (QED) is 0.437. The van der Waals surface area contributed by atoms with E-state index >= 15 is 0 Å². The lowest BCUT2D eigenvalue weighted by molar-refractivity contribution is -0.192. The molecule has 0 atom stereocenters. The molecule has 31 heavy (non-hydrogen) atoms. The van der Waals surface area contributed by atoms with Crippen LogP contribution in [-0.4, -0.2) is 43.3 Å². The molecule has 0 fully saturated rings. The van der Waals surface area contributed by atoms with Gasteiger partial charge in [0.25, 0.3) is 5.91 Å². The third-order valence-corrected chi connectivity index (χ3v) is 4.89. The Morgan fingerprint density at radius 1 is 1.13 bits per heavy atom. The lowest BCUT2D eigenvalue weighted by atomic mass is 10.2. The number of hydrogen-bond donors (Lipinski definition) is 3. The van der Waals surface area contributed by atoms with E-state index in [9.17, 15) is 18.0 Å². The van der Waals surface area contributed by atoms with Gasteiger partial charge in [-0.2, -0.15) is 18.3 Å². The standard InChI is InChI=1S/C17H13N5OS.C2HF3O2/c23-17(14-9-12-3-1-2-4-13(12)24-14)19-10-15-20-16(22-21-15)11-5-7-18-8-6-11;3-2(4,5)1(6)7/h1-9H,10H2,(H,19,23)(H,20,21,22);(H,6,7). The zero-order valence-corrected chi connectivity index (χ0v) is 16.4. The minimum atomic E-state index is -5.08. The maximum absolute atomic E-state index is 12.3. The van der Waals surface area contributed by atoms with Gasteiger partial charge in [0.15, 0.2) is 5.82 Å². The number of H-pyrrole nitrogens is 1. The van der Waals surface area contributed by atoms with Crippen LogP contribution < -0.4 is 5.32 Å². The van der Waals surface area contributed by atoms with E-state index in [0.29, 0.717) is 23.1 Å². The molecule has 4 aromatic rings. The van der Waals surface area contributed by atoms with E-state index in [4.69, 9.17) is 9.90 Å². The lowest BCUT2D eigenvalue weighted by Crippen LogP contribution is -2.22. The van der Waals surface area contributed by atoms with E-state index < -0.39 is 12.1 Å². The van der Waals surface area contributed by atoms with Gasteiger partial charge in [0.2, 0.25) is 0 Å². The fourth-order valence-electron chi connectivity index (χ4n) is 2.35. The number of aliphatic carboxylic acids is 1. The van der Waals surface area contributed by atoms with Gasteiger partial charge in [0.1, 0.15) is 5.82 Å². The van der Waals surface area contributed by atoms with Crippen LogP contribution in [0.3, 0.4) is 0 Å². The Kier molecular flexibility index (Phi) is 6.60. The molecule has 3 heterocycles. The van der Waals surface area contributed by atoms with Gasteiger partial charge in [-0.25, -0.2) is 9.78 Å². The Hall–Kier alpha value is -3.80. The topological polar surface area (TPSA) is 121 Å². The molecule has 1 amide bonds. The van der Waals surface area contributed by atoms with E-state index in [1.807, 2.05) is 42.5 Å². The SMILES string of the molecule is O=C(NCc1nc(-c2ccncc2)n[nH]1)c1cc2ccccc2s1.O=C(O)C(F)(F)F. The van der Waals surface area contributed by atoms with Crippen molar-refractivity contribution in [2.75, 3.05) is 0 Å². The Bertz CT molecular complexity index is 1160. The molecule has 12 heteroatoms. The molecule has 3 aromatic heterocycles. The molecule has 0 saturated heterocycles. The van der Waals surface area contributed by atoms with Crippen LogP contribution in [0.2, 0.25) is 0 Å². The summed E-state index contributed by atoms with van der Waals surface area (Å²) in [6.07, 6.45) is -1.71. The molecule has 4 rings (SSSR count). The Balaban J connectivity index is 0.000000339. The first-order chi connectivity index (χ1) is 14.7. The van der Waals surface area contributed by atoms with Crippen LogP contribution in [0.4, 0.5) is 13.2 Å². The first-order valence-electron chi connectivity index (χ1n) is 8.62. The zero-order valence-electron chi connectivity index (χ0n) is 15.6. The first-order valence-corrected chi connectivity index (χ1v) is 9.44. The van der Waals surface area contributed by atoms with Gasteiger partial charge in [-0.3, -0.25) is 14.9 Å². The number of benzene rings is 1. The predicted octanol–water partition coefficient (Wildman–Crippen LogP) is 3.64. The summed E-state index contributed by atoms with van der Waals surface area (Å²) >= 11 is 1.48.